The molecule has 5 rings (SSSR count). The third-order valence-corrected chi connectivity index (χ3v) is 7.97. The molecule has 0 aliphatic heterocycles. The minimum absolute atomic E-state index is 0.0757. The molecule has 33 heavy (non-hydrogen) atoms. The van der Waals surface area contributed by atoms with Crippen LogP contribution in [0, 0.1) is 23.1 Å². The molecule has 1 heterocycles. The normalized spacial score (nSPS) is 28.3. The number of fused-ring (bicyclic) bond motifs is 5. The minimum Gasteiger partial charge on any atom is -0.444 e. The highest BCUT2D eigenvalue weighted by Crippen LogP contribution is 2.63. The van der Waals surface area contributed by atoms with Gasteiger partial charge in [0.25, 0.3) is 0 Å². The first-order chi connectivity index (χ1) is 15.6. The van der Waals surface area contributed by atoms with Gasteiger partial charge in [-0.25, -0.2) is 9.18 Å². The standard InChI is InChI=1S/C28H33FN2O2/c1-27(2,3)33-26(32)31-20-6-8-21-17(14-20)5-7-23-22(21)11-12-28(4)24(9-10-25(23)28)18-13-19(29)16-30-15-18/h6,8-9,13-16,22-23,25H,5,7,10-12H2,1-4H3,(H,31,32)/t22-,23-,25+,28-/m1/s1. The molecule has 1 aromatic heterocycles. The second-order valence-corrected chi connectivity index (χ2v) is 11.2. The molecule has 0 saturated heterocycles. The molecule has 1 aromatic carbocycles. The average molecular weight is 449 g/mol. The first-order valence-electron chi connectivity index (χ1n) is 12.1. The van der Waals surface area contributed by atoms with Crippen LogP contribution in [0.25, 0.3) is 5.57 Å². The molecule has 1 fully saturated rings. The number of hydrogen-bond acceptors (Lipinski definition) is 3. The zero-order valence-electron chi connectivity index (χ0n) is 20.0. The quantitative estimate of drug-likeness (QED) is 0.532. The van der Waals surface area contributed by atoms with Crippen molar-refractivity contribution in [3.05, 3.63) is 65.2 Å². The maximum atomic E-state index is 13.9. The van der Waals surface area contributed by atoms with Crippen LogP contribution in [-0.4, -0.2) is 16.7 Å². The fourth-order valence-corrected chi connectivity index (χ4v) is 6.66. The molecule has 0 radical (unpaired) electrons. The third-order valence-electron chi connectivity index (χ3n) is 7.97. The molecule has 0 spiro atoms. The van der Waals surface area contributed by atoms with Crippen molar-refractivity contribution in [2.24, 2.45) is 17.3 Å². The Balaban J connectivity index is 1.35. The number of hydrogen-bond donors (Lipinski definition) is 1. The van der Waals surface area contributed by atoms with Crippen LogP contribution >= 0.6 is 0 Å². The largest absolute Gasteiger partial charge is 0.444 e. The van der Waals surface area contributed by atoms with Crippen molar-refractivity contribution in [3.8, 4) is 0 Å². The summed E-state index contributed by atoms with van der Waals surface area (Å²) < 4.78 is 19.3. The lowest BCUT2D eigenvalue weighted by molar-refractivity contribution is 0.0636. The molecular formula is C28H33FN2O2. The first kappa shape index (κ1) is 22.1. The SMILES string of the molecule is CC(C)(C)OC(=O)Nc1ccc2c(c1)CC[C@@H]1[C@@H]2CC[C@]2(C)C(c3cncc(F)c3)=CC[C@@H]12. The van der Waals surface area contributed by atoms with Gasteiger partial charge in [-0.1, -0.05) is 19.1 Å². The van der Waals surface area contributed by atoms with Gasteiger partial charge in [0.1, 0.15) is 11.4 Å². The van der Waals surface area contributed by atoms with E-state index in [-0.39, 0.29) is 11.2 Å². The van der Waals surface area contributed by atoms with Crippen LogP contribution in [0.1, 0.15) is 76.0 Å². The van der Waals surface area contributed by atoms with Crippen LogP contribution in [0.15, 0.2) is 42.7 Å². The predicted molar refractivity (Wildman–Crippen MR) is 128 cm³/mol. The fraction of sp³-hybridized carbons (Fsp3) is 0.500. The number of nitrogens with one attached hydrogen (secondary N) is 1. The van der Waals surface area contributed by atoms with E-state index in [0.717, 1.165) is 43.4 Å². The van der Waals surface area contributed by atoms with Gasteiger partial charge in [-0.15, -0.1) is 0 Å². The van der Waals surface area contributed by atoms with Gasteiger partial charge in [-0.05, 0) is 117 Å². The Kier molecular flexibility index (Phi) is 5.34. The Morgan fingerprint density at radius 1 is 1.21 bits per heavy atom. The molecular weight excluding hydrogens is 415 g/mol. The van der Waals surface area contributed by atoms with Crippen LogP contribution in [0.5, 0.6) is 0 Å². The third kappa shape index (κ3) is 4.07. The molecule has 4 atom stereocenters. The molecule has 4 nitrogen and oxygen atoms in total. The number of anilines is 1. The van der Waals surface area contributed by atoms with Crippen LogP contribution in [0.4, 0.5) is 14.9 Å². The topological polar surface area (TPSA) is 51.2 Å². The van der Waals surface area contributed by atoms with E-state index in [1.165, 1.54) is 22.9 Å². The number of allylic oxidation sites excluding steroid dienone is 2. The van der Waals surface area contributed by atoms with E-state index in [0.29, 0.717) is 17.8 Å². The molecule has 1 amide bonds. The molecule has 0 unspecified atom stereocenters. The van der Waals surface area contributed by atoms with Gasteiger partial charge in [0.15, 0.2) is 0 Å². The Morgan fingerprint density at radius 2 is 2.03 bits per heavy atom. The zero-order valence-corrected chi connectivity index (χ0v) is 20.0. The van der Waals surface area contributed by atoms with Gasteiger partial charge in [-0.2, -0.15) is 0 Å². The van der Waals surface area contributed by atoms with E-state index < -0.39 is 11.7 Å². The molecule has 0 bridgehead atoms. The monoisotopic (exact) mass is 448 g/mol. The average Bonchev–Trinajstić information content (AvgIpc) is 3.09. The summed E-state index contributed by atoms with van der Waals surface area (Å²) in [6, 6.07) is 7.98. The van der Waals surface area contributed by atoms with Gasteiger partial charge in [0, 0.05) is 11.9 Å². The summed E-state index contributed by atoms with van der Waals surface area (Å²) >= 11 is 0. The summed E-state index contributed by atoms with van der Waals surface area (Å²) in [5.41, 5.74) is 5.35. The summed E-state index contributed by atoms with van der Waals surface area (Å²) in [5, 5.41) is 2.89. The van der Waals surface area contributed by atoms with Gasteiger partial charge in [-0.3, -0.25) is 10.3 Å². The number of aryl methyl sites for hydroxylation is 1. The van der Waals surface area contributed by atoms with Crippen molar-refractivity contribution in [1.82, 2.24) is 4.98 Å². The lowest BCUT2D eigenvalue weighted by Gasteiger charge is -2.50. The lowest BCUT2D eigenvalue weighted by Crippen LogP contribution is -2.41. The number of carbonyl (C=O) groups is 1. The van der Waals surface area contributed by atoms with Gasteiger partial charge >= 0.3 is 6.09 Å². The Morgan fingerprint density at radius 3 is 2.79 bits per heavy atom. The van der Waals surface area contributed by atoms with Crippen molar-refractivity contribution in [2.75, 3.05) is 5.32 Å². The first-order valence-corrected chi connectivity index (χ1v) is 12.1. The number of pyridine rings is 1. The molecule has 5 heteroatoms. The molecule has 2 aromatic rings. The fourth-order valence-electron chi connectivity index (χ4n) is 6.66. The number of aromatic nitrogens is 1. The van der Waals surface area contributed by atoms with Crippen molar-refractivity contribution in [2.45, 2.75) is 71.3 Å². The maximum Gasteiger partial charge on any atom is 0.412 e. The highest BCUT2D eigenvalue weighted by atomic mass is 19.1. The van der Waals surface area contributed by atoms with Crippen LogP contribution in [-0.2, 0) is 11.2 Å². The van der Waals surface area contributed by atoms with E-state index in [1.54, 1.807) is 6.07 Å². The molecule has 174 valence electrons. The zero-order chi connectivity index (χ0) is 23.4. The Hall–Kier alpha value is -2.69. The summed E-state index contributed by atoms with van der Waals surface area (Å²) in [4.78, 5) is 16.3. The van der Waals surface area contributed by atoms with Gasteiger partial charge < -0.3 is 4.74 Å². The van der Waals surface area contributed by atoms with Gasteiger partial charge in [0.05, 0.1) is 6.20 Å². The second kappa shape index (κ2) is 7.96. The number of benzene rings is 1. The Labute approximate surface area is 195 Å². The Bertz CT molecular complexity index is 1120. The van der Waals surface area contributed by atoms with E-state index in [9.17, 15) is 9.18 Å². The van der Waals surface area contributed by atoms with E-state index >= 15 is 0 Å². The molecule has 3 aliphatic carbocycles. The van der Waals surface area contributed by atoms with Crippen molar-refractivity contribution in [3.63, 3.8) is 0 Å². The van der Waals surface area contributed by atoms with Gasteiger partial charge in [0.2, 0.25) is 0 Å². The highest BCUT2D eigenvalue weighted by Gasteiger charge is 2.51. The van der Waals surface area contributed by atoms with Crippen molar-refractivity contribution >= 4 is 17.4 Å². The number of rotatable bonds is 2. The minimum atomic E-state index is -0.518. The van der Waals surface area contributed by atoms with E-state index in [1.807, 2.05) is 33.0 Å². The summed E-state index contributed by atoms with van der Waals surface area (Å²) in [6.45, 7) is 7.97. The lowest BCUT2D eigenvalue weighted by atomic mass is 9.54. The van der Waals surface area contributed by atoms with Crippen LogP contribution < -0.4 is 5.32 Å². The summed E-state index contributed by atoms with van der Waals surface area (Å²) in [6.07, 6.45) is 10.5. The summed E-state index contributed by atoms with van der Waals surface area (Å²) in [7, 11) is 0. The van der Waals surface area contributed by atoms with E-state index in [2.05, 4.69) is 35.4 Å². The van der Waals surface area contributed by atoms with Crippen molar-refractivity contribution in [1.29, 1.82) is 0 Å². The second-order valence-electron chi connectivity index (χ2n) is 11.2. The number of nitrogens with zero attached hydrogens (tertiary/aromatic N) is 1. The number of carbonyl (C=O) groups excluding carboxylic acids is 1. The molecule has 1 saturated carbocycles. The molecule has 1 N–H and O–H groups in total. The molecule has 3 aliphatic rings. The number of amides is 1. The van der Waals surface area contributed by atoms with E-state index in [4.69, 9.17) is 4.74 Å². The summed E-state index contributed by atoms with van der Waals surface area (Å²) in [5.74, 6) is 1.47. The maximum absolute atomic E-state index is 13.9. The smallest absolute Gasteiger partial charge is 0.412 e. The number of ether oxygens (including phenoxy) is 1. The van der Waals surface area contributed by atoms with Crippen molar-refractivity contribution < 1.29 is 13.9 Å². The highest BCUT2D eigenvalue weighted by molar-refractivity contribution is 5.85. The van der Waals surface area contributed by atoms with Crippen LogP contribution in [0.3, 0.4) is 0 Å². The number of halogens is 1. The van der Waals surface area contributed by atoms with Crippen LogP contribution in [0.2, 0.25) is 0 Å². The predicted octanol–water partition coefficient (Wildman–Crippen LogP) is 7.12.